The molecule has 0 heterocycles. The molecule has 14 heavy (non-hydrogen) atoms. The summed E-state index contributed by atoms with van der Waals surface area (Å²) in [6, 6.07) is 0. The number of ether oxygens (including phenoxy) is 1. The Kier molecular flexibility index (Phi) is 9.28. The van der Waals surface area contributed by atoms with Crippen LogP contribution in [0.25, 0.3) is 0 Å². The number of carbonyl (C=O) groups excluding carboxylic acids is 1. The van der Waals surface area contributed by atoms with Crippen molar-refractivity contribution in [2.45, 2.75) is 39.5 Å². The lowest BCUT2D eigenvalue weighted by Gasteiger charge is -1.97. The predicted octanol–water partition coefficient (Wildman–Crippen LogP) is 3.24. The molecule has 0 amide bonds. The molecule has 0 rings (SSSR count). The van der Waals surface area contributed by atoms with Gasteiger partial charge < -0.3 is 4.74 Å². The number of carbonyl (C=O) groups is 1. The van der Waals surface area contributed by atoms with Crippen LogP contribution < -0.4 is 0 Å². The third-order valence-corrected chi connectivity index (χ3v) is 1.66. The molecular formula is C12H20O2. The van der Waals surface area contributed by atoms with Crippen LogP contribution >= 0.6 is 0 Å². The fourth-order valence-corrected chi connectivity index (χ4v) is 0.951. The van der Waals surface area contributed by atoms with E-state index >= 15 is 0 Å². The Labute approximate surface area is 86.6 Å². The van der Waals surface area contributed by atoms with Gasteiger partial charge in [0.15, 0.2) is 0 Å². The van der Waals surface area contributed by atoms with Crippen molar-refractivity contribution in [2.24, 2.45) is 0 Å². The molecule has 2 nitrogen and oxygen atoms in total. The van der Waals surface area contributed by atoms with Gasteiger partial charge in [0.05, 0.1) is 6.61 Å². The molecule has 0 fully saturated rings. The highest BCUT2D eigenvalue weighted by molar-refractivity contribution is 5.69. The standard InChI is InChI=1S/C12H20O2/c1-3-5-6-7-8-9-10-11-12(13)14-4-2/h6-9H,3-5,10-11H2,1-2H3/b7-6+,9-8-. The van der Waals surface area contributed by atoms with Gasteiger partial charge in [-0.1, -0.05) is 37.6 Å². The van der Waals surface area contributed by atoms with Crippen molar-refractivity contribution < 1.29 is 9.53 Å². The SMILES string of the molecule is CCC/C=C/C=C\CCC(=O)OCC. The normalized spacial score (nSPS) is 11.3. The van der Waals surface area contributed by atoms with E-state index in [1.165, 1.54) is 6.42 Å². The van der Waals surface area contributed by atoms with Crippen molar-refractivity contribution in [3.8, 4) is 0 Å². The zero-order chi connectivity index (χ0) is 10.6. The van der Waals surface area contributed by atoms with Gasteiger partial charge in [0.1, 0.15) is 0 Å². The fourth-order valence-electron chi connectivity index (χ4n) is 0.951. The van der Waals surface area contributed by atoms with E-state index in [0.29, 0.717) is 13.0 Å². The third-order valence-electron chi connectivity index (χ3n) is 1.66. The number of allylic oxidation sites excluding steroid dienone is 4. The highest BCUT2D eigenvalue weighted by atomic mass is 16.5. The molecule has 0 aliphatic rings. The summed E-state index contributed by atoms with van der Waals surface area (Å²) in [4.78, 5) is 10.9. The molecule has 0 spiro atoms. The molecule has 0 unspecified atom stereocenters. The average molecular weight is 196 g/mol. The van der Waals surface area contributed by atoms with Gasteiger partial charge in [-0.25, -0.2) is 0 Å². The van der Waals surface area contributed by atoms with Crippen LogP contribution in [0.2, 0.25) is 0 Å². The first kappa shape index (κ1) is 12.9. The summed E-state index contributed by atoms with van der Waals surface area (Å²) in [5.74, 6) is -0.116. The number of esters is 1. The Hall–Kier alpha value is -1.05. The van der Waals surface area contributed by atoms with Gasteiger partial charge in [-0.15, -0.1) is 0 Å². The minimum Gasteiger partial charge on any atom is -0.466 e. The zero-order valence-corrected chi connectivity index (χ0v) is 9.16. The van der Waals surface area contributed by atoms with Crippen molar-refractivity contribution in [1.29, 1.82) is 0 Å². The maximum Gasteiger partial charge on any atom is 0.306 e. The van der Waals surface area contributed by atoms with Crippen molar-refractivity contribution >= 4 is 5.97 Å². The van der Waals surface area contributed by atoms with Crippen LogP contribution in [0.15, 0.2) is 24.3 Å². The largest absolute Gasteiger partial charge is 0.466 e. The van der Waals surface area contributed by atoms with Crippen LogP contribution in [0, 0.1) is 0 Å². The van der Waals surface area contributed by atoms with Gasteiger partial charge in [0, 0.05) is 6.42 Å². The van der Waals surface area contributed by atoms with Gasteiger partial charge in [-0.05, 0) is 19.8 Å². The first-order chi connectivity index (χ1) is 6.81. The van der Waals surface area contributed by atoms with Crippen molar-refractivity contribution in [1.82, 2.24) is 0 Å². The molecule has 0 atom stereocenters. The van der Waals surface area contributed by atoms with E-state index < -0.39 is 0 Å². The molecule has 0 aromatic carbocycles. The quantitative estimate of drug-likeness (QED) is 0.461. The van der Waals surface area contributed by atoms with E-state index in [9.17, 15) is 4.79 Å². The van der Waals surface area contributed by atoms with Crippen LogP contribution in [0.4, 0.5) is 0 Å². The van der Waals surface area contributed by atoms with E-state index in [1.54, 1.807) is 0 Å². The number of unbranched alkanes of at least 4 members (excludes halogenated alkanes) is 1. The van der Waals surface area contributed by atoms with E-state index in [-0.39, 0.29) is 5.97 Å². The van der Waals surface area contributed by atoms with Crippen molar-refractivity contribution in [3.63, 3.8) is 0 Å². The summed E-state index contributed by atoms with van der Waals surface area (Å²) in [6.45, 7) is 4.44. The number of rotatable bonds is 7. The topological polar surface area (TPSA) is 26.3 Å². The molecule has 0 bridgehead atoms. The second-order valence-electron chi connectivity index (χ2n) is 2.99. The fraction of sp³-hybridized carbons (Fsp3) is 0.583. The molecule has 0 aromatic heterocycles. The second-order valence-corrected chi connectivity index (χ2v) is 2.99. The maximum absolute atomic E-state index is 10.9. The summed E-state index contributed by atoms with van der Waals surface area (Å²) < 4.78 is 4.80. The van der Waals surface area contributed by atoms with E-state index in [4.69, 9.17) is 4.74 Å². The molecular weight excluding hydrogens is 176 g/mol. The van der Waals surface area contributed by atoms with Crippen LogP contribution in [-0.4, -0.2) is 12.6 Å². The maximum atomic E-state index is 10.9. The molecule has 0 aliphatic heterocycles. The monoisotopic (exact) mass is 196 g/mol. The molecule has 0 aliphatic carbocycles. The van der Waals surface area contributed by atoms with Crippen LogP contribution in [0.3, 0.4) is 0 Å². The minimum atomic E-state index is -0.116. The molecule has 0 radical (unpaired) electrons. The van der Waals surface area contributed by atoms with Gasteiger partial charge in [0.25, 0.3) is 0 Å². The summed E-state index contributed by atoms with van der Waals surface area (Å²) in [6.07, 6.45) is 11.6. The third kappa shape index (κ3) is 9.04. The summed E-state index contributed by atoms with van der Waals surface area (Å²) in [5, 5.41) is 0. The van der Waals surface area contributed by atoms with E-state index in [2.05, 4.69) is 13.0 Å². The second kappa shape index (κ2) is 10.0. The minimum absolute atomic E-state index is 0.116. The van der Waals surface area contributed by atoms with E-state index in [1.807, 2.05) is 25.2 Å². The Morgan fingerprint density at radius 3 is 2.36 bits per heavy atom. The number of hydrogen-bond donors (Lipinski definition) is 0. The van der Waals surface area contributed by atoms with Crippen LogP contribution in [0.5, 0.6) is 0 Å². The van der Waals surface area contributed by atoms with Crippen LogP contribution in [0.1, 0.15) is 39.5 Å². The van der Waals surface area contributed by atoms with Gasteiger partial charge in [-0.3, -0.25) is 4.79 Å². The highest BCUT2D eigenvalue weighted by Gasteiger charge is 1.96. The molecule has 0 aromatic rings. The van der Waals surface area contributed by atoms with Gasteiger partial charge in [-0.2, -0.15) is 0 Å². The molecule has 80 valence electrons. The molecule has 2 heteroatoms. The molecule has 0 saturated carbocycles. The zero-order valence-electron chi connectivity index (χ0n) is 9.16. The Balaban J connectivity index is 3.39. The molecule has 0 saturated heterocycles. The Morgan fingerprint density at radius 1 is 1.14 bits per heavy atom. The smallest absolute Gasteiger partial charge is 0.306 e. The van der Waals surface area contributed by atoms with Crippen molar-refractivity contribution in [2.75, 3.05) is 6.61 Å². The van der Waals surface area contributed by atoms with Crippen LogP contribution in [-0.2, 0) is 9.53 Å². The molecule has 0 N–H and O–H groups in total. The van der Waals surface area contributed by atoms with E-state index in [0.717, 1.165) is 12.8 Å². The summed E-state index contributed by atoms with van der Waals surface area (Å²) in [7, 11) is 0. The Morgan fingerprint density at radius 2 is 1.79 bits per heavy atom. The summed E-state index contributed by atoms with van der Waals surface area (Å²) in [5.41, 5.74) is 0. The first-order valence-electron chi connectivity index (χ1n) is 5.28. The number of hydrogen-bond acceptors (Lipinski definition) is 2. The van der Waals surface area contributed by atoms with Crippen molar-refractivity contribution in [3.05, 3.63) is 24.3 Å². The average Bonchev–Trinajstić information content (AvgIpc) is 2.17. The summed E-state index contributed by atoms with van der Waals surface area (Å²) >= 11 is 0. The lowest BCUT2D eigenvalue weighted by atomic mass is 10.2. The highest BCUT2D eigenvalue weighted by Crippen LogP contribution is 1.95. The Bertz CT molecular complexity index is 192. The van der Waals surface area contributed by atoms with Gasteiger partial charge >= 0.3 is 5.97 Å². The lowest BCUT2D eigenvalue weighted by molar-refractivity contribution is -0.142. The predicted molar refractivity (Wildman–Crippen MR) is 59.1 cm³/mol. The van der Waals surface area contributed by atoms with Gasteiger partial charge in [0.2, 0.25) is 0 Å². The lowest BCUT2D eigenvalue weighted by Crippen LogP contribution is -2.02. The first-order valence-corrected chi connectivity index (χ1v) is 5.28.